The second-order valence-electron chi connectivity index (χ2n) is 2.26. The molecule has 0 bridgehead atoms. The van der Waals surface area contributed by atoms with Gasteiger partial charge in [-0.25, -0.2) is 9.59 Å². The molecule has 12 heavy (non-hydrogen) atoms. The van der Waals surface area contributed by atoms with E-state index in [0.717, 1.165) is 0 Å². The maximum absolute atomic E-state index is 10.9. The fourth-order valence-electron chi connectivity index (χ4n) is 0.778. The summed E-state index contributed by atoms with van der Waals surface area (Å²) in [6.07, 6.45) is -0.293. The van der Waals surface area contributed by atoms with Crippen molar-refractivity contribution in [1.82, 2.24) is 0 Å². The highest BCUT2D eigenvalue weighted by Gasteiger charge is 2.30. The minimum atomic E-state index is -0.732. The van der Waals surface area contributed by atoms with E-state index in [1.165, 1.54) is 0 Å². The number of ether oxygens (including phenoxy) is 2. The van der Waals surface area contributed by atoms with Crippen LogP contribution in [0, 0.1) is 0 Å². The van der Waals surface area contributed by atoms with E-state index in [0.29, 0.717) is 13.0 Å². The first-order chi connectivity index (χ1) is 5.61. The number of hydrogen-bond donors (Lipinski definition) is 0. The van der Waals surface area contributed by atoms with E-state index in [1.807, 2.05) is 0 Å². The molecular weight excluding hydrogens is 275 g/mol. The molecule has 1 fully saturated rings. The summed E-state index contributed by atoms with van der Waals surface area (Å²) in [6.45, 7) is 3.71. The molecule has 0 aromatic carbocycles. The molecular formula is C7H7IO4. The van der Waals surface area contributed by atoms with Crippen molar-refractivity contribution in [2.45, 2.75) is 12.5 Å². The lowest BCUT2D eigenvalue weighted by Crippen LogP contribution is -2.22. The summed E-state index contributed by atoms with van der Waals surface area (Å²) in [5.41, 5.74) is 0. The summed E-state index contributed by atoms with van der Waals surface area (Å²) in [5.74, 6) is -1.03. The summed E-state index contributed by atoms with van der Waals surface area (Å²) in [4.78, 5) is 21.7. The van der Waals surface area contributed by atoms with E-state index in [-0.39, 0.29) is 3.58 Å². The van der Waals surface area contributed by atoms with Crippen LogP contribution in [0.25, 0.3) is 0 Å². The Morgan fingerprint density at radius 1 is 1.75 bits per heavy atom. The quantitative estimate of drug-likeness (QED) is 0.427. The predicted octanol–water partition coefficient (Wildman–Crippen LogP) is 0.794. The molecule has 0 amide bonds. The average Bonchev–Trinajstić information content (AvgIpc) is 2.36. The molecule has 1 aliphatic heterocycles. The van der Waals surface area contributed by atoms with Crippen molar-refractivity contribution in [2.24, 2.45) is 0 Å². The molecule has 0 aliphatic carbocycles. The van der Waals surface area contributed by atoms with Gasteiger partial charge in [0.05, 0.1) is 10.2 Å². The molecule has 0 spiro atoms. The molecule has 0 N–H and O–H groups in total. The van der Waals surface area contributed by atoms with E-state index in [1.54, 1.807) is 22.6 Å². The number of halogens is 1. The lowest BCUT2D eigenvalue weighted by atomic mass is 10.3. The molecule has 0 aromatic rings. The molecule has 1 saturated heterocycles. The van der Waals surface area contributed by atoms with Gasteiger partial charge in [-0.15, -0.1) is 0 Å². The van der Waals surface area contributed by atoms with Gasteiger partial charge in [0.15, 0.2) is 0 Å². The standard InChI is InChI=1S/C7H7IO4/c1-4(8)6(9)12-5-2-3-11-7(5)10/h5H,1-3H2. The third-order valence-electron chi connectivity index (χ3n) is 1.36. The minimum absolute atomic E-state index is 0.257. The van der Waals surface area contributed by atoms with Gasteiger partial charge in [-0.05, 0) is 22.6 Å². The van der Waals surface area contributed by atoms with Crippen LogP contribution in [0.4, 0.5) is 0 Å². The molecule has 0 saturated carbocycles. The van der Waals surface area contributed by atoms with Crippen molar-refractivity contribution in [2.75, 3.05) is 6.61 Å². The number of cyclic esters (lactones) is 1. The van der Waals surface area contributed by atoms with Crippen LogP contribution in [-0.4, -0.2) is 24.6 Å². The van der Waals surface area contributed by atoms with E-state index >= 15 is 0 Å². The molecule has 1 unspecified atom stereocenters. The fourth-order valence-corrected chi connectivity index (χ4v) is 0.905. The van der Waals surface area contributed by atoms with E-state index in [2.05, 4.69) is 11.3 Å². The number of hydrogen-bond acceptors (Lipinski definition) is 4. The van der Waals surface area contributed by atoms with Gasteiger partial charge in [0.25, 0.3) is 0 Å². The highest BCUT2D eigenvalue weighted by Crippen LogP contribution is 2.13. The van der Waals surface area contributed by atoms with Crippen LogP contribution < -0.4 is 0 Å². The van der Waals surface area contributed by atoms with Crippen molar-refractivity contribution in [1.29, 1.82) is 0 Å². The number of rotatable bonds is 2. The largest absolute Gasteiger partial charge is 0.463 e. The summed E-state index contributed by atoms with van der Waals surface area (Å²) in [6, 6.07) is 0. The molecule has 1 rings (SSSR count). The Labute approximate surface area is 83.0 Å². The van der Waals surface area contributed by atoms with Crippen LogP contribution in [0.5, 0.6) is 0 Å². The number of carbonyl (C=O) groups excluding carboxylic acids is 2. The molecule has 1 heterocycles. The molecule has 0 aromatic heterocycles. The zero-order chi connectivity index (χ0) is 9.14. The van der Waals surface area contributed by atoms with E-state index in [4.69, 9.17) is 4.74 Å². The van der Waals surface area contributed by atoms with Gasteiger partial charge in [0.1, 0.15) is 0 Å². The Morgan fingerprint density at radius 2 is 2.42 bits per heavy atom. The van der Waals surface area contributed by atoms with E-state index in [9.17, 15) is 9.59 Å². The Hall–Kier alpha value is -0.590. The summed E-state index contributed by atoms with van der Waals surface area (Å²) >= 11 is 1.74. The molecule has 5 heteroatoms. The first-order valence-corrected chi connectivity index (χ1v) is 4.41. The third-order valence-corrected chi connectivity index (χ3v) is 1.80. The smallest absolute Gasteiger partial charge is 0.347 e. The van der Waals surface area contributed by atoms with Gasteiger partial charge < -0.3 is 9.47 Å². The van der Waals surface area contributed by atoms with E-state index < -0.39 is 18.0 Å². The van der Waals surface area contributed by atoms with Gasteiger partial charge in [-0.3, -0.25) is 0 Å². The lowest BCUT2D eigenvalue weighted by Gasteiger charge is -2.06. The zero-order valence-corrected chi connectivity index (χ0v) is 8.37. The van der Waals surface area contributed by atoms with Gasteiger partial charge in [0.2, 0.25) is 6.10 Å². The second kappa shape index (κ2) is 3.88. The van der Waals surface area contributed by atoms with Crippen LogP contribution in [-0.2, 0) is 19.1 Å². The van der Waals surface area contributed by atoms with Gasteiger partial charge >= 0.3 is 11.9 Å². The summed E-state index contributed by atoms with van der Waals surface area (Å²) < 4.78 is 9.62. The van der Waals surface area contributed by atoms with Crippen LogP contribution >= 0.6 is 22.6 Å². The average molecular weight is 282 g/mol. The fraction of sp³-hybridized carbons (Fsp3) is 0.429. The number of carbonyl (C=O) groups is 2. The Kier molecular flexibility index (Phi) is 3.07. The Bertz CT molecular complexity index is 236. The SMILES string of the molecule is C=C(I)C(=O)OC1CCOC1=O. The topological polar surface area (TPSA) is 52.6 Å². The minimum Gasteiger partial charge on any atom is -0.463 e. The normalized spacial score (nSPS) is 21.8. The van der Waals surface area contributed by atoms with Crippen LogP contribution in [0.3, 0.4) is 0 Å². The number of esters is 2. The molecule has 1 atom stereocenters. The highest BCUT2D eigenvalue weighted by molar-refractivity contribution is 14.1. The maximum Gasteiger partial charge on any atom is 0.347 e. The molecule has 0 radical (unpaired) electrons. The van der Waals surface area contributed by atoms with Crippen molar-refractivity contribution < 1.29 is 19.1 Å². The predicted molar refractivity (Wildman–Crippen MR) is 48.6 cm³/mol. The first kappa shape index (κ1) is 9.50. The van der Waals surface area contributed by atoms with Gasteiger partial charge in [0, 0.05) is 6.42 Å². The Morgan fingerprint density at radius 3 is 2.83 bits per heavy atom. The van der Waals surface area contributed by atoms with Crippen molar-refractivity contribution in [3.8, 4) is 0 Å². The summed E-state index contributed by atoms with van der Waals surface area (Å²) in [5, 5.41) is 0. The van der Waals surface area contributed by atoms with Crippen LogP contribution in [0.2, 0.25) is 0 Å². The maximum atomic E-state index is 10.9. The van der Waals surface area contributed by atoms with Crippen LogP contribution in [0.1, 0.15) is 6.42 Å². The molecule has 4 nitrogen and oxygen atoms in total. The van der Waals surface area contributed by atoms with Crippen molar-refractivity contribution in [3.05, 3.63) is 10.2 Å². The Balaban J connectivity index is 2.46. The van der Waals surface area contributed by atoms with Gasteiger partial charge in [-0.2, -0.15) is 0 Å². The lowest BCUT2D eigenvalue weighted by molar-refractivity contribution is -0.156. The molecule has 1 aliphatic rings. The second-order valence-corrected chi connectivity index (χ2v) is 3.56. The third kappa shape index (κ3) is 2.20. The monoisotopic (exact) mass is 282 g/mol. The van der Waals surface area contributed by atoms with Crippen LogP contribution in [0.15, 0.2) is 10.2 Å². The zero-order valence-electron chi connectivity index (χ0n) is 6.21. The highest BCUT2D eigenvalue weighted by atomic mass is 127. The first-order valence-electron chi connectivity index (χ1n) is 3.33. The molecule has 66 valence electrons. The van der Waals surface area contributed by atoms with Crippen molar-refractivity contribution >= 4 is 34.5 Å². The van der Waals surface area contributed by atoms with Crippen molar-refractivity contribution in [3.63, 3.8) is 0 Å². The van der Waals surface area contributed by atoms with Gasteiger partial charge in [-0.1, -0.05) is 6.58 Å². The summed E-state index contributed by atoms with van der Waals surface area (Å²) in [7, 11) is 0.